The van der Waals surface area contributed by atoms with Crippen LogP contribution in [0, 0.1) is 0 Å². The number of rotatable bonds is 4. The summed E-state index contributed by atoms with van der Waals surface area (Å²) in [6.45, 7) is 1.90. The molecule has 7 nitrogen and oxygen atoms in total. The van der Waals surface area contributed by atoms with Gasteiger partial charge in [0.2, 0.25) is 0 Å². The maximum absolute atomic E-state index is 12.1. The van der Waals surface area contributed by atoms with Crippen LogP contribution in [-0.4, -0.2) is 43.2 Å². The van der Waals surface area contributed by atoms with Crippen LogP contribution >= 0.6 is 11.6 Å². The number of ether oxygens (including phenoxy) is 1. The fourth-order valence-corrected chi connectivity index (χ4v) is 2.84. The number of amidine groups is 1. The summed E-state index contributed by atoms with van der Waals surface area (Å²) in [5, 5.41) is 5.64. The molecule has 0 radical (unpaired) electrons. The van der Waals surface area contributed by atoms with Gasteiger partial charge in [-0.15, -0.1) is 0 Å². The van der Waals surface area contributed by atoms with Crippen LogP contribution in [0.3, 0.4) is 0 Å². The molecule has 1 heterocycles. The Balaban J connectivity index is 1.82. The van der Waals surface area contributed by atoms with Crippen molar-refractivity contribution >= 4 is 40.8 Å². The number of aliphatic imine (C=N–C) groups is 2. The van der Waals surface area contributed by atoms with E-state index in [-0.39, 0.29) is 19.7 Å². The fraction of sp³-hybridized carbons (Fsp3) is 0.200. The van der Waals surface area contributed by atoms with Gasteiger partial charge < -0.3 is 10.1 Å². The molecule has 1 aliphatic heterocycles. The van der Waals surface area contributed by atoms with Crippen molar-refractivity contribution in [3.63, 3.8) is 0 Å². The monoisotopic (exact) mass is 398 g/mol. The Kier molecular flexibility index (Phi) is 6.39. The third-order valence-electron chi connectivity index (χ3n) is 3.86. The van der Waals surface area contributed by atoms with Gasteiger partial charge in [-0.25, -0.2) is 9.79 Å². The summed E-state index contributed by atoms with van der Waals surface area (Å²) in [6, 6.07) is 14.4. The van der Waals surface area contributed by atoms with Gasteiger partial charge in [0.1, 0.15) is 12.4 Å². The van der Waals surface area contributed by atoms with E-state index in [1.54, 1.807) is 25.1 Å². The third-order valence-corrected chi connectivity index (χ3v) is 4.09. The van der Waals surface area contributed by atoms with Gasteiger partial charge in [-0.3, -0.25) is 15.1 Å². The molecule has 0 saturated carbocycles. The molecule has 0 spiro atoms. The maximum atomic E-state index is 12.1. The molecule has 0 aromatic heterocycles. The molecule has 144 valence electrons. The number of benzene rings is 2. The zero-order valence-corrected chi connectivity index (χ0v) is 16.0. The molecule has 0 unspecified atom stereocenters. The number of esters is 1. The van der Waals surface area contributed by atoms with E-state index in [4.69, 9.17) is 16.3 Å². The summed E-state index contributed by atoms with van der Waals surface area (Å²) in [4.78, 5) is 32.6. The number of halogens is 1. The summed E-state index contributed by atoms with van der Waals surface area (Å²) in [5.41, 5.74) is 3.09. The summed E-state index contributed by atoms with van der Waals surface area (Å²) in [7, 11) is 0. The Morgan fingerprint density at radius 3 is 2.71 bits per heavy atom. The largest absolute Gasteiger partial charge is 0.465 e. The van der Waals surface area contributed by atoms with E-state index in [1.165, 1.54) is 0 Å². The van der Waals surface area contributed by atoms with E-state index in [0.717, 1.165) is 16.8 Å². The van der Waals surface area contributed by atoms with Crippen LogP contribution in [0.4, 0.5) is 10.5 Å². The van der Waals surface area contributed by atoms with Crippen molar-refractivity contribution < 1.29 is 14.3 Å². The maximum Gasteiger partial charge on any atom is 0.325 e. The number of fused-ring (bicyclic) bond motifs is 1. The lowest BCUT2D eigenvalue weighted by Gasteiger charge is -2.08. The minimum absolute atomic E-state index is 0.170. The van der Waals surface area contributed by atoms with E-state index in [1.807, 2.05) is 30.3 Å². The van der Waals surface area contributed by atoms with Gasteiger partial charge in [0.25, 0.3) is 0 Å². The Bertz CT molecular complexity index is 942. The fourth-order valence-electron chi connectivity index (χ4n) is 2.67. The number of hydrogen-bond donors (Lipinski definition) is 2. The van der Waals surface area contributed by atoms with Crippen molar-refractivity contribution in [2.45, 2.75) is 6.92 Å². The summed E-state index contributed by atoms with van der Waals surface area (Å²) in [6.07, 6.45) is 0. The van der Waals surface area contributed by atoms with E-state index >= 15 is 0 Å². The van der Waals surface area contributed by atoms with Crippen molar-refractivity contribution in [2.24, 2.45) is 9.98 Å². The predicted molar refractivity (Wildman–Crippen MR) is 109 cm³/mol. The smallest absolute Gasteiger partial charge is 0.325 e. The van der Waals surface area contributed by atoms with Gasteiger partial charge in [0, 0.05) is 16.1 Å². The van der Waals surface area contributed by atoms with Crippen LogP contribution in [-0.2, 0) is 9.53 Å². The number of nitrogens with one attached hydrogen (secondary N) is 2. The normalized spacial score (nSPS) is 12.8. The highest BCUT2D eigenvalue weighted by molar-refractivity contribution is 6.31. The molecule has 3 rings (SSSR count). The topological polar surface area (TPSA) is 92.1 Å². The molecule has 8 heteroatoms. The summed E-state index contributed by atoms with van der Waals surface area (Å²) >= 11 is 6.17. The minimum Gasteiger partial charge on any atom is -0.465 e. The van der Waals surface area contributed by atoms with Gasteiger partial charge in [-0.05, 0) is 25.1 Å². The van der Waals surface area contributed by atoms with Crippen molar-refractivity contribution in [3.05, 3.63) is 64.7 Å². The Hall–Kier alpha value is -3.19. The van der Waals surface area contributed by atoms with Gasteiger partial charge in [0.15, 0.2) is 0 Å². The standard InChI is InChI=1S/C20H19ClN4O3/c1-2-28-18(26)12-23-20(27)25-17-11-22-19(13-6-4-3-5-7-13)15-10-14(21)8-9-16(15)24-17/h3-10H,2,11-12H2,1H3,(H2,23,24,25,27). The van der Waals surface area contributed by atoms with Crippen LogP contribution in [0.2, 0.25) is 5.02 Å². The molecule has 0 aliphatic carbocycles. The molecule has 0 saturated heterocycles. The van der Waals surface area contributed by atoms with E-state index in [0.29, 0.717) is 16.5 Å². The highest BCUT2D eigenvalue weighted by Crippen LogP contribution is 2.28. The van der Waals surface area contributed by atoms with Crippen LogP contribution in [0.25, 0.3) is 0 Å². The van der Waals surface area contributed by atoms with Crippen LogP contribution in [0.5, 0.6) is 0 Å². The van der Waals surface area contributed by atoms with Crippen LogP contribution in [0.1, 0.15) is 18.1 Å². The molecule has 2 aromatic carbocycles. The third kappa shape index (κ3) is 4.95. The van der Waals surface area contributed by atoms with E-state index < -0.39 is 12.0 Å². The first-order chi connectivity index (χ1) is 13.6. The van der Waals surface area contributed by atoms with Crippen molar-refractivity contribution in [2.75, 3.05) is 19.7 Å². The van der Waals surface area contributed by atoms with Crippen LogP contribution < -0.4 is 10.6 Å². The Morgan fingerprint density at radius 2 is 1.96 bits per heavy atom. The number of nitrogens with zero attached hydrogens (tertiary/aromatic N) is 2. The lowest BCUT2D eigenvalue weighted by molar-refractivity contribution is -0.141. The number of hydrogen-bond acceptors (Lipinski definition) is 5. The molecule has 0 atom stereocenters. The molecule has 1 aliphatic rings. The highest BCUT2D eigenvalue weighted by atomic mass is 35.5. The molecule has 2 amide bonds. The van der Waals surface area contributed by atoms with Gasteiger partial charge >= 0.3 is 12.0 Å². The zero-order chi connectivity index (χ0) is 19.9. The van der Waals surface area contributed by atoms with Crippen molar-refractivity contribution in [1.82, 2.24) is 10.6 Å². The van der Waals surface area contributed by atoms with Gasteiger partial charge in [0.05, 0.1) is 24.6 Å². The highest BCUT2D eigenvalue weighted by Gasteiger charge is 2.18. The lowest BCUT2D eigenvalue weighted by atomic mass is 10.0. The number of carbonyl (C=O) groups is 2. The second-order valence-corrected chi connectivity index (χ2v) is 6.30. The van der Waals surface area contributed by atoms with E-state index in [9.17, 15) is 9.59 Å². The first-order valence-electron chi connectivity index (χ1n) is 8.74. The predicted octanol–water partition coefficient (Wildman–Crippen LogP) is 3.08. The van der Waals surface area contributed by atoms with Gasteiger partial charge in [-0.2, -0.15) is 0 Å². The molecule has 2 N–H and O–H groups in total. The Morgan fingerprint density at radius 1 is 1.18 bits per heavy atom. The SMILES string of the molecule is CCOC(=O)CNC(=O)NC1=Nc2ccc(Cl)cc2C(c2ccccc2)=NC1. The number of carbonyl (C=O) groups excluding carboxylic acids is 2. The molecule has 0 bridgehead atoms. The van der Waals surface area contributed by atoms with Crippen molar-refractivity contribution in [1.29, 1.82) is 0 Å². The van der Waals surface area contributed by atoms with Gasteiger partial charge in [-0.1, -0.05) is 41.9 Å². The minimum atomic E-state index is -0.555. The van der Waals surface area contributed by atoms with E-state index in [2.05, 4.69) is 20.6 Å². The Labute approximate surface area is 167 Å². The first kappa shape index (κ1) is 19.6. The lowest BCUT2D eigenvalue weighted by Crippen LogP contribution is -2.42. The average molecular weight is 399 g/mol. The molecular weight excluding hydrogens is 380 g/mol. The van der Waals surface area contributed by atoms with Crippen LogP contribution in [0.15, 0.2) is 58.5 Å². The summed E-state index contributed by atoms with van der Waals surface area (Å²) < 4.78 is 4.78. The number of amides is 2. The molecule has 0 fully saturated rings. The zero-order valence-electron chi connectivity index (χ0n) is 15.2. The summed E-state index contributed by atoms with van der Waals surface area (Å²) in [5.74, 6) is -0.152. The molecule has 2 aromatic rings. The molecular formula is C20H19ClN4O3. The average Bonchev–Trinajstić information content (AvgIpc) is 2.86. The number of urea groups is 1. The quantitative estimate of drug-likeness (QED) is 0.775. The first-order valence-corrected chi connectivity index (χ1v) is 9.12. The molecule has 28 heavy (non-hydrogen) atoms. The van der Waals surface area contributed by atoms with Crippen molar-refractivity contribution in [3.8, 4) is 0 Å². The second kappa shape index (κ2) is 9.14. The second-order valence-electron chi connectivity index (χ2n) is 5.86.